The van der Waals surface area contributed by atoms with Gasteiger partial charge in [-0.15, -0.1) is 0 Å². The first-order valence-electron chi connectivity index (χ1n) is 6.86. The minimum Gasteiger partial charge on any atom is -0.329 e. The number of pyridine rings is 1. The van der Waals surface area contributed by atoms with Crippen LogP contribution in [0, 0.1) is 0 Å². The van der Waals surface area contributed by atoms with Gasteiger partial charge in [0.2, 0.25) is 0 Å². The van der Waals surface area contributed by atoms with E-state index in [4.69, 9.17) is 0 Å². The number of nitrogens with one attached hydrogen (secondary N) is 1. The average molecular weight is 258 g/mol. The highest BCUT2D eigenvalue weighted by Crippen LogP contribution is 2.06. The van der Waals surface area contributed by atoms with Crippen LogP contribution in [0.4, 0.5) is 0 Å². The van der Waals surface area contributed by atoms with Crippen molar-refractivity contribution < 1.29 is 0 Å². The number of nitrogens with zero attached hydrogens (tertiary/aromatic N) is 3. The lowest BCUT2D eigenvalue weighted by atomic mass is 10.2. The lowest BCUT2D eigenvalue weighted by Gasteiger charge is -2.09. The van der Waals surface area contributed by atoms with Crippen molar-refractivity contribution in [3.05, 3.63) is 47.8 Å². The summed E-state index contributed by atoms with van der Waals surface area (Å²) < 4.78 is 2.15. The molecule has 2 heterocycles. The van der Waals surface area contributed by atoms with E-state index in [1.807, 2.05) is 18.6 Å². The van der Waals surface area contributed by atoms with Crippen LogP contribution in [0.5, 0.6) is 0 Å². The summed E-state index contributed by atoms with van der Waals surface area (Å²) in [4.78, 5) is 8.84. The van der Waals surface area contributed by atoms with Crippen molar-refractivity contribution in [2.75, 3.05) is 0 Å². The molecule has 2 aromatic heterocycles. The molecule has 19 heavy (non-hydrogen) atoms. The van der Waals surface area contributed by atoms with Crippen LogP contribution in [-0.4, -0.2) is 20.6 Å². The molecule has 0 aromatic carbocycles. The van der Waals surface area contributed by atoms with Gasteiger partial charge in [0.25, 0.3) is 0 Å². The Hall–Kier alpha value is -1.68. The van der Waals surface area contributed by atoms with Crippen molar-refractivity contribution in [3.63, 3.8) is 0 Å². The monoisotopic (exact) mass is 258 g/mol. The van der Waals surface area contributed by atoms with E-state index in [-0.39, 0.29) is 0 Å². The molecule has 4 heteroatoms. The summed E-state index contributed by atoms with van der Waals surface area (Å²) in [7, 11) is 0. The molecule has 0 radical (unpaired) electrons. The van der Waals surface area contributed by atoms with E-state index >= 15 is 0 Å². The van der Waals surface area contributed by atoms with E-state index in [9.17, 15) is 0 Å². The molecule has 0 bridgehead atoms. The van der Waals surface area contributed by atoms with Crippen molar-refractivity contribution in [1.82, 2.24) is 19.9 Å². The highest BCUT2D eigenvalue weighted by Gasteiger charge is 2.02. The lowest BCUT2D eigenvalue weighted by molar-refractivity contribution is 0.587. The smallest absolute Gasteiger partial charge is 0.108 e. The summed E-state index contributed by atoms with van der Waals surface area (Å²) in [5, 5.41) is 3.39. The van der Waals surface area contributed by atoms with Gasteiger partial charge in [-0.25, -0.2) is 4.98 Å². The van der Waals surface area contributed by atoms with Crippen LogP contribution in [0.15, 0.2) is 30.7 Å². The molecule has 0 aliphatic rings. The standard InChI is InChI=1S/C15H22N4/c1-4-15-16-7-8-19(15)11-14-6-5-13(10-18-14)9-17-12(2)3/h5-8,10,12,17H,4,9,11H2,1-3H3. The predicted octanol–water partition coefficient (Wildman–Crippen LogP) is 2.39. The van der Waals surface area contributed by atoms with Gasteiger partial charge in [-0.05, 0) is 11.6 Å². The third-order valence-corrected chi connectivity index (χ3v) is 3.05. The molecule has 0 amide bonds. The molecule has 0 saturated carbocycles. The number of hydrogen-bond acceptors (Lipinski definition) is 3. The van der Waals surface area contributed by atoms with Gasteiger partial charge in [0.05, 0.1) is 12.2 Å². The Morgan fingerprint density at radius 1 is 1.26 bits per heavy atom. The minimum absolute atomic E-state index is 0.498. The lowest BCUT2D eigenvalue weighted by Crippen LogP contribution is -2.21. The Labute approximate surface area is 114 Å². The first-order valence-corrected chi connectivity index (χ1v) is 6.86. The van der Waals surface area contributed by atoms with Crippen LogP contribution in [0.1, 0.15) is 37.9 Å². The highest BCUT2D eigenvalue weighted by molar-refractivity contribution is 5.15. The third kappa shape index (κ3) is 3.89. The van der Waals surface area contributed by atoms with Gasteiger partial charge < -0.3 is 9.88 Å². The van der Waals surface area contributed by atoms with E-state index in [1.165, 1.54) is 5.56 Å². The summed E-state index contributed by atoms with van der Waals surface area (Å²) in [5.74, 6) is 1.10. The van der Waals surface area contributed by atoms with Crippen LogP contribution >= 0.6 is 0 Å². The summed E-state index contributed by atoms with van der Waals surface area (Å²) in [6.07, 6.45) is 6.76. The van der Waals surface area contributed by atoms with Crippen LogP contribution < -0.4 is 5.32 Å². The van der Waals surface area contributed by atoms with Gasteiger partial charge in [-0.2, -0.15) is 0 Å². The van der Waals surface area contributed by atoms with Crippen molar-refractivity contribution >= 4 is 0 Å². The molecule has 0 spiro atoms. The molecule has 0 aliphatic carbocycles. The number of aromatic nitrogens is 3. The average Bonchev–Trinajstić information content (AvgIpc) is 2.85. The van der Waals surface area contributed by atoms with E-state index in [1.54, 1.807) is 0 Å². The number of aryl methyl sites for hydroxylation is 1. The normalized spacial score (nSPS) is 11.2. The molecular weight excluding hydrogens is 236 g/mol. The first kappa shape index (κ1) is 13.7. The molecule has 1 N–H and O–H groups in total. The second kappa shape index (κ2) is 6.48. The second-order valence-electron chi connectivity index (χ2n) is 5.02. The molecule has 0 saturated heterocycles. The molecule has 4 nitrogen and oxygen atoms in total. The molecule has 0 atom stereocenters. The molecule has 0 unspecified atom stereocenters. The summed E-state index contributed by atoms with van der Waals surface area (Å²) in [5.41, 5.74) is 2.29. The van der Waals surface area contributed by atoms with E-state index in [0.717, 1.165) is 31.0 Å². The van der Waals surface area contributed by atoms with Gasteiger partial charge in [-0.3, -0.25) is 4.98 Å². The summed E-state index contributed by atoms with van der Waals surface area (Å²) in [6.45, 7) is 8.07. The van der Waals surface area contributed by atoms with Crippen molar-refractivity contribution in [2.24, 2.45) is 0 Å². The van der Waals surface area contributed by atoms with Gasteiger partial charge in [0, 0.05) is 37.6 Å². The first-order chi connectivity index (χ1) is 9.19. The van der Waals surface area contributed by atoms with Crippen LogP contribution in [-0.2, 0) is 19.5 Å². The van der Waals surface area contributed by atoms with E-state index in [0.29, 0.717) is 6.04 Å². The molecular formula is C15H22N4. The maximum absolute atomic E-state index is 4.52. The van der Waals surface area contributed by atoms with Gasteiger partial charge >= 0.3 is 0 Å². The fourth-order valence-corrected chi connectivity index (χ4v) is 1.95. The van der Waals surface area contributed by atoms with E-state index < -0.39 is 0 Å². The Balaban J connectivity index is 1.98. The largest absolute Gasteiger partial charge is 0.329 e. The molecule has 0 fully saturated rings. The van der Waals surface area contributed by atoms with Crippen LogP contribution in [0.25, 0.3) is 0 Å². The molecule has 2 aromatic rings. The minimum atomic E-state index is 0.498. The van der Waals surface area contributed by atoms with Crippen molar-refractivity contribution in [2.45, 2.75) is 46.3 Å². The fourth-order valence-electron chi connectivity index (χ4n) is 1.95. The van der Waals surface area contributed by atoms with E-state index in [2.05, 4.69) is 52.8 Å². The zero-order chi connectivity index (χ0) is 13.7. The Kier molecular flexibility index (Phi) is 4.68. The molecule has 102 valence electrons. The van der Waals surface area contributed by atoms with Crippen LogP contribution in [0.2, 0.25) is 0 Å². The quantitative estimate of drug-likeness (QED) is 0.865. The van der Waals surface area contributed by atoms with Crippen molar-refractivity contribution in [3.8, 4) is 0 Å². The summed E-state index contributed by atoms with van der Waals surface area (Å²) in [6, 6.07) is 4.73. The van der Waals surface area contributed by atoms with Gasteiger partial charge in [0.1, 0.15) is 5.82 Å². The molecule has 0 aliphatic heterocycles. The Bertz CT molecular complexity index is 499. The topological polar surface area (TPSA) is 42.7 Å². The predicted molar refractivity (Wildman–Crippen MR) is 76.9 cm³/mol. The van der Waals surface area contributed by atoms with Crippen molar-refractivity contribution in [1.29, 1.82) is 0 Å². The number of imidazole rings is 1. The SMILES string of the molecule is CCc1nccn1Cc1ccc(CNC(C)C)cn1. The molecule has 2 rings (SSSR count). The Morgan fingerprint density at radius 2 is 2.11 bits per heavy atom. The number of rotatable bonds is 6. The second-order valence-corrected chi connectivity index (χ2v) is 5.02. The zero-order valence-corrected chi connectivity index (χ0v) is 11.9. The maximum Gasteiger partial charge on any atom is 0.108 e. The third-order valence-electron chi connectivity index (χ3n) is 3.05. The van der Waals surface area contributed by atoms with Crippen LogP contribution in [0.3, 0.4) is 0 Å². The van der Waals surface area contributed by atoms with Gasteiger partial charge in [-0.1, -0.05) is 26.8 Å². The maximum atomic E-state index is 4.52. The Morgan fingerprint density at radius 3 is 2.74 bits per heavy atom. The highest BCUT2D eigenvalue weighted by atomic mass is 15.1. The fraction of sp³-hybridized carbons (Fsp3) is 0.467. The number of hydrogen-bond donors (Lipinski definition) is 1. The zero-order valence-electron chi connectivity index (χ0n) is 11.9. The summed E-state index contributed by atoms with van der Waals surface area (Å²) >= 11 is 0. The van der Waals surface area contributed by atoms with Gasteiger partial charge in [0.15, 0.2) is 0 Å².